The van der Waals surface area contributed by atoms with Crippen LogP contribution in [-0.2, 0) is 0 Å². The molecule has 0 aliphatic carbocycles. The van der Waals surface area contributed by atoms with Crippen molar-refractivity contribution in [2.24, 2.45) is 0 Å². The molecule has 1 aromatic heterocycles. The van der Waals surface area contributed by atoms with Gasteiger partial charge in [0.05, 0.1) is 0 Å². The van der Waals surface area contributed by atoms with Crippen molar-refractivity contribution in [2.75, 3.05) is 5.32 Å². The van der Waals surface area contributed by atoms with Crippen LogP contribution in [0.5, 0.6) is 12.0 Å². The minimum atomic E-state index is -4.72. The van der Waals surface area contributed by atoms with Crippen LogP contribution in [0, 0.1) is 6.92 Å². The van der Waals surface area contributed by atoms with Gasteiger partial charge in [-0.3, -0.25) is 0 Å². The molecule has 0 fully saturated rings. The summed E-state index contributed by atoms with van der Waals surface area (Å²) in [4.78, 5) is 10.7. The van der Waals surface area contributed by atoms with E-state index in [1.807, 2.05) is 6.92 Å². The summed E-state index contributed by atoms with van der Waals surface area (Å²) in [5.74, 6) is -0.340. The number of aromatic nitrogens is 3. The Morgan fingerprint density at radius 3 is 1.61 bits per heavy atom. The van der Waals surface area contributed by atoms with E-state index in [1.165, 1.54) is 0 Å². The predicted octanol–water partition coefficient (Wildman–Crippen LogP) is 4.58. The molecule has 2 unspecified atom stereocenters. The van der Waals surface area contributed by atoms with E-state index in [9.17, 15) is 26.3 Å². The largest absolute Gasteiger partial charge is 0.451 e. The van der Waals surface area contributed by atoms with E-state index in [0.29, 0.717) is 19.5 Å². The van der Waals surface area contributed by atoms with Gasteiger partial charge in [0.15, 0.2) is 12.2 Å². The molecule has 2 rings (SSSR count). The third-order valence-electron chi connectivity index (χ3n) is 3.39. The number of nitrogens with zero attached hydrogens (tertiary/aromatic N) is 3. The topological polar surface area (TPSA) is 69.2 Å². The van der Waals surface area contributed by atoms with Gasteiger partial charge in [-0.1, -0.05) is 17.7 Å². The highest BCUT2D eigenvalue weighted by molar-refractivity contribution is 5.53. The predicted molar refractivity (Wildman–Crippen MR) is 86.6 cm³/mol. The fraction of sp³-hybridized carbons (Fsp3) is 0.438. The number of halogens is 6. The van der Waals surface area contributed by atoms with E-state index in [0.717, 1.165) is 5.56 Å². The van der Waals surface area contributed by atoms with Crippen LogP contribution in [-0.4, -0.2) is 39.5 Å². The summed E-state index contributed by atoms with van der Waals surface area (Å²) < 4.78 is 85.4. The Hall–Kier alpha value is -2.79. The zero-order valence-corrected chi connectivity index (χ0v) is 14.9. The van der Waals surface area contributed by atoms with Crippen LogP contribution in [0.2, 0.25) is 0 Å². The quantitative estimate of drug-likeness (QED) is 0.703. The molecule has 0 amide bonds. The van der Waals surface area contributed by atoms with Crippen LogP contribution in [0.25, 0.3) is 0 Å². The molecule has 1 aromatic carbocycles. The van der Waals surface area contributed by atoms with Crippen molar-refractivity contribution >= 4 is 11.6 Å². The molecule has 1 N–H and O–H groups in total. The Morgan fingerprint density at radius 2 is 1.21 bits per heavy atom. The van der Waals surface area contributed by atoms with Crippen LogP contribution in [0.3, 0.4) is 0 Å². The van der Waals surface area contributed by atoms with E-state index in [1.54, 1.807) is 24.3 Å². The van der Waals surface area contributed by atoms with Crippen LogP contribution < -0.4 is 14.8 Å². The number of hydrogen-bond donors (Lipinski definition) is 1. The van der Waals surface area contributed by atoms with Crippen LogP contribution in [0.1, 0.15) is 19.4 Å². The van der Waals surface area contributed by atoms with Gasteiger partial charge in [0, 0.05) is 5.69 Å². The lowest BCUT2D eigenvalue weighted by atomic mass is 10.2. The molecule has 2 aromatic rings. The van der Waals surface area contributed by atoms with E-state index in [4.69, 9.17) is 0 Å². The maximum atomic E-state index is 12.7. The number of rotatable bonds is 6. The third kappa shape index (κ3) is 6.13. The van der Waals surface area contributed by atoms with E-state index in [2.05, 4.69) is 29.7 Å². The first kappa shape index (κ1) is 21.5. The number of anilines is 2. The van der Waals surface area contributed by atoms with Gasteiger partial charge in [0.25, 0.3) is 0 Å². The summed E-state index contributed by atoms with van der Waals surface area (Å²) in [5, 5.41) is 2.65. The van der Waals surface area contributed by atoms with Crippen molar-refractivity contribution in [3.05, 3.63) is 29.8 Å². The molecule has 154 valence electrons. The normalized spacial score (nSPS) is 14.3. The Kier molecular flexibility index (Phi) is 6.20. The maximum absolute atomic E-state index is 12.7. The van der Waals surface area contributed by atoms with E-state index >= 15 is 0 Å². The Labute approximate surface area is 155 Å². The van der Waals surface area contributed by atoms with Crippen molar-refractivity contribution < 1.29 is 35.8 Å². The fourth-order valence-corrected chi connectivity index (χ4v) is 1.72. The third-order valence-corrected chi connectivity index (χ3v) is 3.39. The second-order valence-electron chi connectivity index (χ2n) is 5.82. The van der Waals surface area contributed by atoms with Crippen molar-refractivity contribution in [2.45, 2.75) is 45.3 Å². The highest BCUT2D eigenvalue weighted by atomic mass is 19.4. The van der Waals surface area contributed by atoms with Gasteiger partial charge < -0.3 is 14.8 Å². The lowest BCUT2D eigenvalue weighted by molar-refractivity contribution is -0.192. The summed E-state index contributed by atoms with van der Waals surface area (Å²) >= 11 is 0. The second-order valence-corrected chi connectivity index (χ2v) is 5.82. The number of ether oxygens (including phenoxy) is 2. The molecule has 0 aliphatic heterocycles. The van der Waals surface area contributed by atoms with Gasteiger partial charge in [-0.15, -0.1) is 4.98 Å². The van der Waals surface area contributed by atoms with Gasteiger partial charge >= 0.3 is 24.4 Å². The summed E-state index contributed by atoms with van der Waals surface area (Å²) in [6, 6.07) is 5.04. The average Bonchev–Trinajstić information content (AvgIpc) is 2.55. The van der Waals surface area contributed by atoms with Crippen molar-refractivity contribution in [3.63, 3.8) is 0 Å². The van der Waals surface area contributed by atoms with Crippen molar-refractivity contribution in [3.8, 4) is 12.0 Å². The fourth-order valence-electron chi connectivity index (χ4n) is 1.72. The first-order valence-electron chi connectivity index (χ1n) is 7.91. The SMILES string of the molecule is Cc1ccc(Nc2nc(OC(C)C(F)(F)F)nc(OC(C)C(F)(F)F)n2)cc1. The number of aryl methyl sites for hydroxylation is 1. The lowest BCUT2D eigenvalue weighted by Crippen LogP contribution is -2.33. The molecule has 0 saturated heterocycles. The monoisotopic (exact) mass is 410 g/mol. The standard InChI is InChI=1S/C16H16F6N4O2/c1-8-4-6-11(7-5-8)23-12-24-13(27-9(2)15(17,18)19)26-14(25-12)28-10(3)16(20,21)22/h4-7,9-10H,1-3H3,(H,23,24,25,26). The van der Waals surface area contributed by atoms with Crippen molar-refractivity contribution in [1.82, 2.24) is 15.0 Å². The smallest absolute Gasteiger partial charge is 0.425 e. The molecule has 6 nitrogen and oxygen atoms in total. The van der Waals surface area contributed by atoms with Gasteiger partial charge in [-0.2, -0.15) is 36.3 Å². The van der Waals surface area contributed by atoms with E-state index < -0.39 is 36.6 Å². The first-order valence-corrected chi connectivity index (χ1v) is 7.91. The Balaban J connectivity index is 2.32. The molecular formula is C16H16F6N4O2. The second kappa shape index (κ2) is 8.07. The van der Waals surface area contributed by atoms with Crippen LogP contribution >= 0.6 is 0 Å². The zero-order valence-electron chi connectivity index (χ0n) is 14.9. The first-order chi connectivity index (χ1) is 12.8. The highest BCUT2D eigenvalue weighted by Gasteiger charge is 2.40. The van der Waals surface area contributed by atoms with E-state index in [-0.39, 0.29) is 5.95 Å². The van der Waals surface area contributed by atoms with Gasteiger partial charge in [0.1, 0.15) is 0 Å². The minimum Gasteiger partial charge on any atom is -0.451 e. The molecule has 0 saturated carbocycles. The summed E-state index contributed by atoms with van der Waals surface area (Å²) in [6.45, 7) is 3.24. The Morgan fingerprint density at radius 1 is 0.786 bits per heavy atom. The number of alkyl halides is 6. The van der Waals surface area contributed by atoms with Gasteiger partial charge in [-0.25, -0.2) is 0 Å². The molecular weight excluding hydrogens is 394 g/mol. The molecule has 0 aliphatic rings. The van der Waals surface area contributed by atoms with Crippen molar-refractivity contribution in [1.29, 1.82) is 0 Å². The van der Waals surface area contributed by atoms with Gasteiger partial charge in [0.2, 0.25) is 5.95 Å². The van der Waals surface area contributed by atoms with Crippen LogP contribution in [0.15, 0.2) is 24.3 Å². The number of hydrogen-bond acceptors (Lipinski definition) is 6. The molecule has 0 bridgehead atoms. The lowest BCUT2D eigenvalue weighted by Gasteiger charge is -2.19. The molecule has 1 heterocycles. The number of nitrogens with one attached hydrogen (secondary N) is 1. The number of benzene rings is 1. The molecule has 2 atom stereocenters. The summed E-state index contributed by atoms with van der Waals surface area (Å²) in [5.41, 5.74) is 1.38. The average molecular weight is 410 g/mol. The highest BCUT2D eigenvalue weighted by Crippen LogP contribution is 2.27. The zero-order chi connectivity index (χ0) is 21.1. The van der Waals surface area contributed by atoms with Crippen LogP contribution in [0.4, 0.5) is 38.0 Å². The summed E-state index contributed by atoms with van der Waals surface area (Å²) in [7, 11) is 0. The Bertz CT molecular complexity index is 755. The van der Waals surface area contributed by atoms with Gasteiger partial charge in [-0.05, 0) is 32.9 Å². The maximum Gasteiger partial charge on any atom is 0.425 e. The minimum absolute atomic E-state index is 0.340. The molecule has 12 heteroatoms. The molecule has 28 heavy (non-hydrogen) atoms. The molecule has 0 spiro atoms. The molecule has 0 radical (unpaired) electrons. The summed E-state index contributed by atoms with van der Waals surface area (Å²) in [6.07, 6.45) is -14.0.